The molecule has 0 bridgehead atoms. The van der Waals surface area contributed by atoms with E-state index in [0.29, 0.717) is 5.69 Å². The molecule has 0 atom stereocenters. The summed E-state index contributed by atoms with van der Waals surface area (Å²) in [5.74, 6) is 0.763. The standard InChI is InChI=1S/C14H12N4/c15-10-6-7-13-12(8-10)14(17-9-16-13)18-11-4-2-1-3-5-11/h1-9H,15H2,(H,16,17,18). The maximum Gasteiger partial charge on any atom is 0.141 e. The molecule has 2 aromatic carbocycles. The largest absolute Gasteiger partial charge is 0.399 e. The lowest BCUT2D eigenvalue weighted by Gasteiger charge is -2.08. The van der Waals surface area contributed by atoms with Gasteiger partial charge in [0.15, 0.2) is 0 Å². The smallest absolute Gasteiger partial charge is 0.141 e. The van der Waals surface area contributed by atoms with Crippen LogP contribution in [0.3, 0.4) is 0 Å². The van der Waals surface area contributed by atoms with Crippen molar-refractivity contribution in [2.24, 2.45) is 0 Å². The fraction of sp³-hybridized carbons (Fsp3) is 0. The van der Waals surface area contributed by atoms with Gasteiger partial charge in [-0.15, -0.1) is 0 Å². The van der Waals surface area contributed by atoms with Crippen LogP contribution in [0.15, 0.2) is 54.9 Å². The highest BCUT2D eigenvalue weighted by Crippen LogP contribution is 2.24. The number of anilines is 3. The van der Waals surface area contributed by atoms with Gasteiger partial charge < -0.3 is 11.1 Å². The van der Waals surface area contributed by atoms with Crippen molar-refractivity contribution < 1.29 is 0 Å². The summed E-state index contributed by atoms with van der Waals surface area (Å²) in [4.78, 5) is 8.48. The lowest BCUT2D eigenvalue weighted by atomic mass is 10.2. The van der Waals surface area contributed by atoms with Gasteiger partial charge in [0.05, 0.1) is 5.52 Å². The third kappa shape index (κ3) is 1.96. The van der Waals surface area contributed by atoms with Crippen LogP contribution >= 0.6 is 0 Å². The number of aromatic nitrogens is 2. The molecular formula is C14H12N4. The molecule has 0 spiro atoms. The first kappa shape index (κ1) is 10.5. The maximum absolute atomic E-state index is 5.80. The molecule has 4 nitrogen and oxygen atoms in total. The molecular weight excluding hydrogens is 224 g/mol. The molecule has 18 heavy (non-hydrogen) atoms. The molecule has 3 aromatic rings. The first-order chi connectivity index (χ1) is 8.83. The third-order valence-corrected chi connectivity index (χ3v) is 2.70. The highest BCUT2D eigenvalue weighted by Gasteiger charge is 2.04. The second-order valence-corrected chi connectivity index (χ2v) is 3.99. The van der Waals surface area contributed by atoms with Crippen LogP contribution in [0.4, 0.5) is 17.2 Å². The number of benzene rings is 2. The van der Waals surface area contributed by atoms with E-state index in [1.807, 2.05) is 48.5 Å². The summed E-state index contributed by atoms with van der Waals surface area (Å²) in [6, 6.07) is 15.5. The van der Waals surface area contributed by atoms with E-state index in [9.17, 15) is 0 Å². The van der Waals surface area contributed by atoms with Crippen LogP contribution in [-0.2, 0) is 0 Å². The Hall–Kier alpha value is -2.62. The van der Waals surface area contributed by atoms with Gasteiger partial charge in [0, 0.05) is 16.8 Å². The predicted octanol–water partition coefficient (Wildman–Crippen LogP) is 2.96. The second kappa shape index (κ2) is 4.33. The van der Waals surface area contributed by atoms with Gasteiger partial charge in [0.1, 0.15) is 12.1 Å². The summed E-state index contributed by atoms with van der Waals surface area (Å²) in [7, 11) is 0. The minimum Gasteiger partial charge on any atom is -0.399 e. The van der Waals surface area contributed by atoms with E-state index in [4.69, 9.17) is 5.73 Å². The minimum absolute atomic E-state index is 0.702. The number of para-hydroxylation sites is 1. The van der Waals surface area contributed by atoms with Crippen molar-refractivity contribution in [1.82, 2.24) is 9.97 Å². The van der Waals surface area contributed by atoms with Crippen LogP contribution in [-0.4, -0.2) is 9.97 Å². The topological polar surface area (TPSA) is 63.8 Å². The minimum atomic E-state index is 0.702. The molecule has 0 saturated carbocycles. The van der Waals surface area contributed by atoms with Crippen molar-refractivity contribution >= 4 is 28.1 Å². The number of nitrogens with two attached hydrogens (primary N) is 1. The van der Waals surface area contributed by atoms with Crippen molar-refractivity contribution in [3.8, 4) is 0 Å². The van der Waals surface area contributed by atoms with Crippen LogP contribution in [0.2, 0.25) is 0 Å². The molecule has 0 aliphatic rings. The van der Waals surface area contributed by atoms with Crippen molar-refractivity contribution in [1.29, 1.82) is 0 Å². The molecule has 1 heterocycles. The van der Waals surface area contributed by atoms with Crippen molar-refractivity contribution in [3.05, 3.63) is 54.9 Å². The first-order valence-electron chi connectivity index (χ1n) is 5.65. The molecule has 0 radical (unpaired) electrons. The average molecular weight is 236 g/mol. The van der Waals surface area contributed by atoms with Gasteiger partial charge in [0.2, 0.25) is 0 Å². The van der Waals surface area contributed by atoms with E-state index in [1.165, 1.54) is 0 Å². The monoisotopic (exact) mass is 236 g/mol. The highest BCUT2D eigenvalue weighted by atomic mass is 15.0. The number of fused-ring (bicyclic) bond motifs is 1. The van der Waals surface area contributed by atoms with Crippen molar-refractivity contribution in [3.63, 3.8) is 0 Å². The Labute approximate surface area is 104 Å². The number of nitrogens with zero attached hydrogens (tertiary/aromatic N) is 2. The number of nitrogens with one attached hydrogen (secondary N) is 1. The summed E-state index contributed by atoms with van der Waals surface area (Å²) in [5.41, 5.74) is 8.36. The number of rotatable bonds is 2. The zero-order valence-corrected chi connectivity index (χ0v) is 9.67. The summed E-state index contributed by atoms with van der Waals surface area (Å²) >= 11 is 0. The van der Waals surface area contributed by atoms with E-state index in [0.717, 1.165) is 22.4 Å². The van der Waals surface area contributed by atoms with Gasteiger partial charge in [0.25, 0.3) is 0 Å². The van der Waals surface area contributed by atoms with Crippen LogP contribution in [0.1, 0.15) is 0 Å². The van der Waals surface area contributed by atoms with Crippen molar-refractivity contribution in [2.75, 3.05) is 11.1 Å². The van der Waals surface area contributed by atoms with E-state index in [-0.39, 0.29) is 0 Å². The first-order valence-corrected chi connectivity index (χ1v) is 5.65. The quantitative estimate of drug-likeness (QED) is 0.671. The van der Waals surface area contributed by atoms with Crippen molar-refractivity contribution in [2.45, 2.75) is 0 Å². The molecule has 0 fully saturated rings. The Morgan fingerprint density at radius 3 is 2.61 bits per heavy atom. The fourth-order valence-electron chi connectivity index (χ4n) is 1.83. The molecule has 0 aliphatic carbocycles. The van der Waals surface area contributed by atoms with Gasteiger partial charge in [-0.05, 0) is 30.3 Å². The molecule has 88 valence electrons. The third-order valence-electron chi connectivity index (χ3n) is 2.70. The summed E-state index contributed by atoms with van der Waals surface area (Å²) < 4.78 is 0. The second-order valence-electron chi connectivity index (χ2n) is 3.99. The zero-order chi connectivity index (χ0) is 12.4. The summed E-state index contributed by atoms with van der Waals surface area (Å²) in [6.45, 7) is 0. The van der Waals surface area contributed by atoms with Crippen LogP contribution in [0.25, 0.3) is 10.9 Å². The van der Waals surface area contributed by atoms with E-state index >= 15 is 0 Å². The van der Waals surface area contributed by atoms with Gasteiger partial charge >= 0.3 is 0 Å². The molecule has 0 unspecified atom stereocenters. The molecule has 0 saturated heterocycles. The summed E-state index contributed by atoms with van der Waals surface area (Å²) in [6.07, 6.45) is 1.55. The Bertz CT molecular complexity index is 680. The molecule has 1 aromatic heterocycles. The van der Waals surface area contributed by atoms with Crippen LogP contribution < -0.4 is 11.1 Å². The fourth-order valence-corrected chi connectivity index (χ4v) is 1.83. The molecule has 0 amide bonds. The lowest BCUT2D eigenvalue weighted by Crippen LogP contribution is -1.96. The molecule has 4 heteroatoms. The number of hydrogen-bond donors (Lipinski definition) is 2. The highest BCUT2D eigenvalue weighted by molar-refractivity contribution is 5.92. The van der Waals surface area contributed by atoms with E-state index < -0.39 is 0 Å². The van der Waals surface area contributed by atoms with Gasteiger partial charge in [-0.1, -0.05) is 18.2 Å². The zero-order valence-electron chi connectivity index (χ0n) is 9.67. The maximum atomic E-state index is 5.80. The Morgan fingerprint density at radius 2 is 1.78 bits per heavy atom. The Kier molecular flexibility index (Phi) is 2.53. The van der Waals surface area contributed by atoms with E-state index in [2.05, 4.69) is 15.3 Å². The number of hydrogen-bond acceptors (Lipinski definition) is 4. The summed E-state index contributed by atoms with van der Waals surface area (Å²) in [5, 5.41) is 4.19. The lowest BCUT2D eigenvalue weighted by molar-refractivity contribution is 1.22. The van der Waals surface area contributed by atoms with Gasteiger partial charge in [-0.2, -0.15) is 0 Å². The SMILES string of the molecule is Nc1ccc2ncnc(Nc3ccccc3)c2c1. The van der Waals surface area contributed by atoms with Crippen LogP contribution in [0.5, 0.6) is 0 Å². The molecule has 3 rings (SSSR count). The Balaban J connectivity index is 2.09. The average Bonchev–Trinajstić information content (AvgIpc) is 2.41. The molecule has 3 N–H and O–H groups in total. The van der Waals surface area contributed by atoms with E-state index in [1.54, 1.807) is 6.33 Å². The molecule has 0 aliphatic heterocycles. The van der Waals surface area contributed by atoms with Crippen LogP contribution in [0, 0.1) is 0 Å². The van der Waals surface area contributed by atoms with Gasteiger partial charge in [-0.25, -0.2) is 9.97 Å². The predicted molar refractivity (Wildman–Crippen MR) is 73.7 cm³/mol. The Morgan fingerprint density at radius 1 is 0.944 bits per heavy atom. The van der Waals surface area contributed by atoms with Gasteiger partial charge in [-0.3, -0.25) is 0 Å². The normalized spacial score (nSPS) is 10.4. The number of nitrogen functional groups attached to an aromatic ring is 1.